The van der Waals surface area contributed by atoms with Crippen molar-refractivity contribution in [3.63, 3.8) is 0 Å². The SMILES string of the molecule is CC(C)(C)C1CCCNC1N. The van der Waals surface area contributed by atoms with Crippen molar-refractivity contribution in [1.82, 2.24) is 5.32 Å². The number of hydrogen-bond donors (Lipinski definition) is 2. The smallest absolute Gasteiger partial charge is 0.0580 e. The Hall–Kier alpha value is -0.0800. The minimum Gasteiger partial charge on any atom is -0.316 e. The molecule has 2 heteroatoms. The summed E-state index contributed by atoms with van der Waals surface area (Å²) < 4.78 is 0. The Bertz CT molecular complexity index is 126. The first-order chi connectivity index (χ1) is 5.02. The molecule has 0 aliphatic carbocycles. The van der Waals surface area contributed by atoms with Crippen molar-refractivity contribution in [3.8, 4) is 0 Å². The molecular weight excluding hydrogens is 136 g/mol. The molecule has 0 saturated carbocycles. The molecule has 1 heterocycles. The van der Waals surface area contributed by atoms with Crippen LogP contribution >= 0.6 is 0 Å². The molecule has 66 valence electrons. The van der Waals surface area contributed by atoms with Gasteiger partial charge in [0.05, 0.1) is 6.17 Å². The summed E-state index contributed by atoms with van der Waals surface area (Å²) in [5, 5.41) is 3.32. The van der Waals surface area contributed by atoms with Crippen LogP contribution in [-0.2, 0) is 0 Å². The molecule has 1 rings (SSSR count). The molecule has 2 unspecified atom stereocenters. The Labute approximate surface area is 69.5 Å². The monoisotopic (exact) mass is 156 g/mol. The van der Waals surface area contributed by atoms with E-state index in [0.717, 1.165) is 6.54 Å². The fourth-order valence-electron chi connectivity index (χ4n) is 1.88. The highest BCUT2D eigenvalue weighted by atomic mass is 15.0. The third-order valence-corrected chi connectivity index (χ3v) is 2.62. The fourth-order valence-corrected chi connectivity index (χ4v) is 1.88. The van der Waals surface area contributed by atoms with Gasteiger partial charge in [0.25, 0.3) is 0 Å². The molecule has 2 atom stereocenters. The van der Waals surface area contributed by atoms with Gasteiger partial charge in [-0.05, 0) is 30.7 Å². The third kappa shape index (κ3) is 2.17. The molecule has 11 heavy (non-hydrogen) atoms. The van der Waals surface area contributed by atoms with Gasteiger partial charge in [-0.1, -0.05) is 20.8 Å². The first-order valence-corrected chi connectivity index (χ1v) is 4.51. The van der Waals surface area contributed by atoms with E-state index in [0.29, 0.717) is 11.3 Å². The molecule has 0 aromatic carbocycles. The molecule has 0 aromatic rings. The van der Waals surface area contributed by atoms with Gasteiger partial charge in [-0.15, -0.1) is 0 Å². The summed E-state index contributed by atoms with van der Waals surface area (Å²) in [5.74, 6) is 0.635. The fraction of sp³-hybridized carbons (Fsp3) is 1.00. The standard InChI is InChI=1S/C9H20N2/c1-9(2,3)7-5-4-6-11-8(7)10/h7-8,11H,4-6,10H2,1-3H3. The van der Waals surface area contributed by atoms with Crippen LogP contribution in [0.25, 0.3) is 0 Å². The van der Waals surface area contributed by atoms with Crippen LogP contribution in [0.5, 0.6) is 0 Å². The highest BCUT2D eigenvalue weighted by Crippen LogP contribution is 2.32. The quantitative estimate of drug-likeness (QED) is 0.555. The summed E-state index contributed by atoms with van der Waals surface area (Å²) in [7, 11) is 0. The molecule has 0 aromatic heterocycles. The lowest BCUT2D eigenvalue weighted by Gasteiger charge is -2.39. The second kappa shape index (κ2) is 3.11. The normalized spacial score (nSPS) is 33.8. The third-order valence-electron chi connectivity index (χ3n) is 2.62. The first kappa shape index (κ1) is 9.01. The number of hydrogen-bond acceptors (Lipinski definition) is 2. The first-order valence-electron chi connectivity index (χ1n) is 4.51. The van der Waals surface area contributed by atoms with Crippen LogP contribution in [0.15, 0.2) is 0 Å². The van der Waals surface area contributed by atoms with Crippen molar-refractivity contribution in [3.05, 3.63) is 0 Å². The zero-order chi connectivity index (χ0) is 8.48. The van der Waals surface area contributed by atoms with Crippen LogP contribution in [0, 0.1) is 11.3 Å². The number of piperidine rings is 1. The molecular formula is C9H20N2. The predicted octanol–water partition coefficient (Wildman–Crippen LogP) is 1.32. The molecule has 2 nitrogen and oxygen atoms in total. The molecule has 1 aliphatic rings. The van der Waals surface area contributed by atoms with Gasteiger partial charge in [-0.25, -0.2) is 0 Å². The average molecular weight is 156 g/mol. The summed E-state index contributed by atoms with van der Waals surface area (Å²) in [4.78, 5) is 0. The van der Waals surface area contributed by atoms with Crippen molar-refractivity contribution in [2.45, 2.75) is 39.8 Å². The van der Waals surface area contributed by atoms with Crippen molar-refractivity contribution >= 4 is 0 Å². The van der Waals surface area contributed by atoms with Crippen LogP contribution in [0.4, 0.5) is 0 Å². The van der Waals surface area contributed by atoms with Gasteiger partial charge < -0.3 is 11.1 Å². The molecule has 3 N–H and O–H groups in total. The highest BCUT2D eigenvalue weighted by Gasteiger charge is 2.31. The molecule has 0 radical (unpaired) electrons. The maximum absolute atomic E-state index is 5.95. The van der Waals surface area contributed by atoms with E-state index in [2.05, 4.69) is 26.1 Å². The van der Waals surface area contributed by atoms with Crippen molar-refractivity contribution in [2.75, 3.05) is 6.54 Å². The average Bonchev–Trinajstić information content (AvgIpc) is 1.86. The van der Waals surface area contributed by atoms with E-state index in [9.17, 15) is 0 Å². The summed E-state index contributed by atoms with van der Waals surface area (Å²) in [6.45, 7) is 7.90. The van der Waals surface area contributed by atoms with E-state index in [-0.39, 0.29) is 6.17 Å². The second-order valence-corrected chi connectivity index (χ2v) is 4.59. The predicted molar refractivity (Wildman–Crippen MR) is 48.2 cm³/mol. The zero-order valence-electron chi connectivity index (χ0n) is 7.85. The van der Waals surface area contributed by atoms with E-state index < -0.39 is 0 Å². The van der Waals surface area contributed by atoms with Gasteiger partial charge in [-0.3, -0.25) is 0 Å². The van der Waals surface area contributed by atoms with Gasteiger partial charge in [0, 0.05) is 0 Å². The lowest BCUT2D eigenvalue weighted by atomic mass is 9.75. The van der Waals surface area contributed by atoms with Crippen LogP contribution in [0.2, 0.25) is 0 Å². The maximum Gasteiger partial charge on any atom is 0.0580 e. The number of nitrogens with two attached hydrogens (primary N) is 1. The van der Waals surface area contributed by atoms with Crippen molar-refractivity contribution in [2.24, 2.45) is 17.1 Å². The van der Waals surface area contributed by atoms with Crippen LogP contribution in [0.1, 0.15) is 33.6 Å². The van der Waals surface area contributed by atoms with E-state index in [1.54, 1.807) is 0 Å². The Balaban J connectivity index is 2.55. The molecule has 1 fully saturated rings. The minimum atomic E-state index is 0.212. The lowest BCUT2D eigenvalue weighted by molar-refractivity contribution is 0.142. The van der Waals surface area contributed by atoms with E-state index >= 15 is 0 Å². The molecule has 0 spiro atoms. The van der Waals surface area contributed by atoms with Gasteiger partial charge in [0.1, 0.15) is 0 Å². The maximum atomic E-state index is 5.95. The molecule has 0 bridgehead atoms. The van der Waals surface area contributed by atoms with Crippen LogP contribution < -0.4 is 11.1 Å². The Kier molecular flexibility index (Phi) is 2.55. The second-order valence-electron chi connectivity index (χ2n) is 4.59. The largest absolute Gasteiger partial charge is 0.316 e. The number of rotatable bonds is 0. The molecule has 1 saturated heterocycles. The topological polar surface area (TPSA) is 38.0 Å². The Morgan fingerprint density at radius 3 is 2.36 bits per heavy atom. The zero-order valence-corrected chi connectivity index (χ0v) is 7.85. The molecule has 1 aliphatic heterocycles. The lowest BCUT2D eigenvalue weighted by Crippen LogP contribution is -2.51. The van der Waals surface area contributed by atoms with Crippen molar-refractivity contribution < 1.29 is 0 Å². The van der Waals surface area contributed by atoms with Gasteiger partial charge in [0.2, 0.25) is 0 Å². The summed E-state index contributed by atoms with van der Waals surface area (Å²) >= 11 is 0. The summed E-state index contributed by atoms with van der Waals surface area (Å²) in [6, 6.07) is 0. The van der Waals surface area contributed by atoms with Crippen molar-refractivity contribution in [1.29, 1.82) is 0 Å². The van der Waals surface area contributed by atoms with Gasteiger partial charge in [0.15, 0.2) is 0 Å². The molecule has 0 amide bonds. The summed E-state index contributed by atoms with van der Waals surface area (Å²) in [6.07, 6.45) is 2.76. The van der Waals surface area contributed by atoms with Crippen LogP contribution in [0.3, 0.4) is 0 Å². The van der Waals surface area contributed by atoms with Gasteiger partial charge in [-0.2, -0.15) is 0 Å². The summed E-state index contributed by atoms with van der Waals surface area (Å²) in [5.41, 5.74) is 6.31. The van der Waals surface area contributed by atoms with E-state index in [4.69, 9.17) is 5.73 Å². The van der Waals surface area contributed by atoms with Gasteiger partial charge >= 0.3 is 0 Å². The minimum absolute atomic E-state index is 0.212. The van der Waals surface area contributed by atoms with E-state index in [1.807, 2.05) is 0 Å². The Morgan fingerprint density at radius 1 is 1.36 bits per heavy atom. The Morgan fingerprint density at radius 2 is 2.00 bits per heavy atom. The number of nitrogens with one attached hydrogen (secondary N) is 1. The van der Waals surface area contributed by atoms with Crippen LogP contribution in [-0.4, -0.2) is 12.7 Å². The van der Waals surface area contributed by atoms with E-state index in [1.165, 1.54) is 12.8 Å². The highest BCUT2D eigenvalue weighted by molar-refractivity contribution is 4.84.